The van der Waals surface area contributed by atoms with E-state index in [1.165, 1.54) is 0 Å². The van der Waals surface area contributed by atoms with Crippen LogP contribution in [0, 0.1) is 0 Å². The van der Waals surface area contributed by atoms with E-state index in [1.807, 2.05) is 78.9 Å². The van der Waals surface area contributed by atoms with Crippen LogP contribution in [0.25, 0.3) is 0 Å². The lowest BCUT2D eigenvalue weighted by Gasteiger charge is -2.20. The van der Waals surface area contributed by atoms with Crippen molar-refractivity contribution in [2.45, 2.75) is 6.29 Å². The van der Waals surface area contributed by atoms with E-state index in [0.29, 0.717) is 32.2 Å². The first-order valence-corrected chi connectivity index (χ1v) is 9.87. The fourth-order valence-corrected chi connectivity index (χ4v) is 2.96. The Hall–Kier alpha value is -3.22. The van der Waals surface area contributed by atoms with E-state index >= 15 is 0 Å². The standard InChI is InChI=1S/C24H24O6/c1-3-7-20(8-4-1)25-13-15-27-24(19-11-12-22-23(17-19)30-18-29-22)28-16-14-26-21-9-5-2-6-10-21/h1-12,17,24H,13-16,18H2. The maximum Gasteiger partial charge on any atom is 0.231 e. The highest BCUT2D eigenvalue weighted by atomic mass is 16.7. The van der Waals surface area contributed by atoms with E-state index in [2.05, 4.69) is 0 Å². The van der Waals surface area contributed by atoms with Crippen LogP contribution in [-0.2, 0) is 9.47 Å². The molecular formula is C24H24O6. The Morgan fingerprint density at radius 2 is 1.20 bits per heavy atom. The maximum atomic E-state index is 5.96. The molecule has 1 aliphatic rings. The monoisotopic (exact) mass is 408 g/mol. The molecule has 0 aromatic heterocycles. The molecule has 0 fully saturated rings. The second-order valence-electron chi connectivity index (χ2n) is 6.51. The lowest BCUT2D eigenvalue weighted by Crippen LogP contribution is -2.17. The van der Waals surface area contributed by atoms with Gasteiger partial charge in [0.2, 0.25) is 6.79 Å². The third-order valence-corrected chi connectivity index (χ3v) is 4.40. The highest BCUT2D eigenvalue weighted by Crippen LogP contribution is 2.35. The van der Waals surface area contributed by atoms with Crippen LogP contribution >= 0.6 is 0 Å². The molecule has 0 spiro atoms. The molecule has 0 N–H and O–H groups in total. The van der Waals surface area contributed by atoms with Crippen molar-refractivity contribution in [1.82, 2.24) is 0 Å². The Morgan fingerprint density at radius 3 is 1.80 bits per heavy atom. The largest absolute Gasteiger partial charge is 0.491 e. The van der Waals surface area contributed by atoms with Gasteiger partial charge in [0.1, 0.15) is 24.7 Å². The summed E-state index contributed by atoms with van der Waals surface area (Å²) >= 11 is 0. The van der Waals surface area contributed by atoms with Crippen molar-refractivity contribution in [2.75, 3.05) is 33.2 Å². The highest BCUT2D eigenvalue weighted by molar-refractivity contribution is 5.44. The number of hydrogen-bond acceptors (Lipinski definition) is 6. The predicted molar refractivity (Wildman–Crippen MR) is 111 cm³/mol. The molecule has 30 heavy (non-hydrogen) atoms. The van der Waals surface area contributed by atoms with Crippen molar-refractivity contribution in [3.8, 4) is 23.0 Å². The number of hydrogen-bond donors (Lipinski definition) is 0. The third kappa shape index (κ3) is 5.65. The molecule has 4 rings (SSSR count). The number of para-hydroxylation sites is 2. The van der Waals surface area contributed by atoms with Gasteiger partial charge >= 0.3 is 0 Å². The average molecular weight is 408 g/mol. The minimum absolute atomic E-state index is 0.223. The summed E-state index contributed by atoms with van der Waals surface area (Å²) < 4.78 is 34.2. The van der Waals surface area contributed by atoms with Crippen LogP contribution in [0.15, 0.2) is 78.9 Å². The molecular weight excluding hydrogens is 384 g/mol. The van der Waals surface area contributed by atoms with Gasteiger partial charge in [0, 0.05) is 5.56 Å². The van der Waals surface area contributed by atoms with E-state index in [0.717, 1.165) is 22.8 Å². The third-order valence-electron chi connectivity index (χ3n) is 4.40. The first kappa shape index (κ1) is 20.1. The lowest BCUT2D eigenvalue weighted by molar-refractivity contribution is -0.154. The molecule has 0 aliphatic carbocycles. The molecule has 156 valence electrons. The first-order valence-electron chi connectivity index (χ1n) is 9.87. The van der Waals surface area contributed by atoms with Gasteiger partial charge in [-0.1, -0.05) is 36.4 Å². The zero-order chi connectivity index (χ0) is 20.4. The summed E-state index contributed by atoms with van der Waals surface area (Å²) in [7, 11) is 0. The Morgan fingerprint density at radius 1 is 0.633 bits per heavy atom. The number of ether oxygens (including phenoxy) is 6. The van der Waals surface area contributed by atoms with Crippen LogP contribution in [0.4, 0.5) is 0 Å². The summed E-state index contributed by atoms with van der Waals surface area (Å²) in [4.78, 5) is 0. The van der Waals surface area contributed by atoms with E-state index in [9.17, 15) is 0 Å². The summed E-state index contributed by atoms with van der Waals surface area (Å²) in [6.07, 6.45) is -0.571. The van der Waals surface area contributed by atoms with Crippen LogP contribution in [0.5, 0.6) is 23.0 Å². The topological polar surface area (TPSA) is 55.4 Å². The van der Waals surface area contributed by atoms with Crippen LogP contribution in [0.2, 0.25) is 0 Å². The molecule has 0 bridgehead atoms. The van der Waals surface area contributed by atoms with Gasteiger partial charge in [-0.15, -0.1) is 0 Å². The van der Waals surface area contributed by atoms with Gasteiger partial charge in [0.05, 0.1) is 13.2 Å². The van der Waals surface area contributed by atoms with Crippen LogP contribution < -0.4 is 18.9 Å². The molecule has 0 radical (unpaired) electrons. The molecule has 1 heterocycles. The smallest absolute Gasteiger partial charge is 0.231 e. The Bertz CT molecular complexity index is 853. The normalized spacial score (nSPS) is 12.2. The zero-order valence-corrected chi connectivity index (χ0v) is 16.6. The van der Waals surface area contributed by atoms with Crippen LogP contribution in [0.1, 0.15) is 11.9 Å². The van der Waals surface area contributed by atoms with Gasteiger partial charge in [-0.25, -0.2) is 0 Å². The Kier molecular flexibility index (Phi) is 7.04. The second-order valence-corrected chi connectivity index (χ2v) is 6.51. The fourth-order valence-electron chi connectivity index (χ4n) is 2.96. The summed E-state index contributed by atoms with van der Waals surface area (Å²) in [5.74, 6) is 3.01. The van der Waals surface area contributed by atoms with Gasteiger partial charge in [-0.2, -0.15) is 0 Å². The Labute approximate surface area is 175 Å². The quantitative estimate of drug-likeness (QED) is 0.341. The van der Waals surface area contributed by atoms with E-state index in [-0.39, 0.29) is 6.79 Å². The summed E-state index contributed by atoms with van der Waals surface area (Å²) in [6, 6.07) is 24.9. The summed E-state index contributed by atoms with van der Waals surface area (Å²) in [5, 5.41) is 0. The predicted octanol–water partition coefficient (Wildman–Crippen LogP) is 4.61. The average Bonchev–Trinajstić information content (AvgIpc) is 3.27. The minimum atomic E-state index is -0.571. The van der Waals surface area contributed by atoms with Crippen molar-refractivity contribution < 1.29 is 28.4 Å². The molecule has 0 atom stereocenters. The van der Waals surface area contributed by atoms with E-state index < -0.39 is 6.29 Å². The molecule has 3 aromatic rings. The lowest BCUT2D eigenvalue weighted by atomic mass is 10.2. The van der Waals surface area contributed by atoms with Crippen molar-refractivity contribution in [1.29, 1.82) is 0 Å². The van der Waals surface area contributed by atoms with Crippen LogP contribution in [0.3, 0.4) is 0 Å². The SMILES string of the molecule is c1ccc(OCCOC(OCCOc2ccccc2)c2ccc3c(c2)OCO3)cc1. The first-order chi connectivity index (χ1) is 14.9. The van der Waals surface area contributed by atoms with Gasteiger partial charge in [0.15, 0.2) is 17.8 Å². The van der Waals surface area contributed by atoms with Gasteiger partial charge in [-0.05, 0) is 42.5 Å². The van der Waals surface area contributed by atoms with Crippen molar-refractivity contribution in [2.24, 2.45) is 0 Å². The second kappa shape index (κ2) is 10.5. The molecule has 6 heteroatoms. The highest BCUT2D eigenvalue weighted by Gasteiger charge is 2.19. The molecule has 6 nitrogen and oxygen atoms in total. The number of benzene rings is 3. The van der Waals surface area contributed by atoms with Gasteiger partial charge in [0.25, 0.3) is 0 Å². The van der Waals surface area contributed by atoms with Crippen molar-refractivity contribution in [3.63, 3.8) is 0 Å². The fraction of sp³-hybridized carbons (Fsp3) is 0.250. The number of fused-ring (bicyclic) bond motifs is 1. The molecule has 0 saturated carbocycles. The molecule has 0 amide bonds. The van der Waals surface area contributed by atoms with Crippen LogP contribution in [-0.4, -0.2) is 33.2 Å². The molecule has 0 unspecified atom stereocenters. The van der Waals surface area contributed by atoms with E-state index in [1.54, 1.807) is 0 Å². The zero-order valence-electron chi connectivity index (χ0n) is 16.6. The van der Waals surface area contributed by atoms with Gasteiger partial charge in [-0.3, -0.25) is 0 Å². The van der Waals surface area contributed by atoms with Crippen molar-refractivity contribution in [3.05, 3.63) is 84.4 Å². The summed E-state index contributed by atoms with van der Waals surface area (Å²) in [5.41, 5.74) is 0.846. The molecule has 0 saturated heterocycles. The molecule has 3 aromatic carbocycles. The summed E-state index contributed by atoms with van der Waals surface area (Å²) in [6.45, 7) is 1.78. The minimum Gasteiger partial charge on any atom is -0.491 e. The van der Waals surface area contributed by atoms with Crippen molar-refractivity contribution >= 4 is 0 Å². The van der Waals surface area contributed by atoms with Gasteiger partial charge < -0.3 is 28.4 Å². The number of rotatable bonds is 11. The maximum absolute atomic E-state index is 5.96. The molecule has 1 aliphatic heterocycles. The Balaban J connectivity index is 1.31. The van der Waals surface area contributed by atoms with E-state index in [4.69, 9.17) is 28.4 Å².